The number of nitrogens with zero attached hydrogens (tertiary/aromatic N) is 17. The van der Waals surface area contributed by atoms with Crippen molar-refractivity contribution >= 4 is 45.1 Å². The molecule has 9 rings (SSSR count). The fourth-order valence-corrected chi connectivity index (χ4v) is 6.00. The molecular weight excluding hydrogens is 999 g/mol. The Balaban J connectivity index is 0.000000160. The van der Waals surface area contributed by atoms with Crippen LogP contribution in [0, 0.1) is 0 Å². The third-order valence-corrected chi connectivity index (χ3v) is 9.44. The second-order valence-electron chi connectivity index (χ2n) is 14.0. The van der Waals surface area contributed by atoms with Gasteiger partial charge >= 0.3 is 53.3 Å². The molecule has 0 aliphatic carbocycles. The van der Waals surface area contributed by atoms with Crippen LogP contribution in [-0.2, 0) is 79.8 Å². The van der Waals surface area contributed by atoms with Crippen molar-refractivity contribution in [2.75, 3.05) is 0 Å². The number of alkyl halides is 10. The highest BCUT2D eigenvalue weighted by Crippen LogP contribution is 2.29. The molecule has 27 nitrogen and oxygen atoms in total. The van der Waals surface area contributed by atoms with Gasteiger partial charge in [-0.05, 0) is 0 Å². The van der Waals surface area contributed by atoms with E-state index in [0.717, 1.165) is 9.13 Å². The molecule has 0 bridgehead atoms. The van der Waals surface area contributed by atoms with Crippen molar-refractivity contribution in [3.05, 3.63) is 117 Å². The lowest BCUT2D eigenvalue weighted by atomic mass is 10.5. The predicted octanol–water partition coefficient (Wildman–Crippen LogP) is 0.555. The normalized spacial score (nSPS) is 11.9. The van der Waals surface area contributed by atoms with Crippen LogP contribution in [-0.4, -0.2) is 87.1 Å². The number of imidazole rings is 3. The van der Waals surface area contributed by atoms with Gasteiger partial charge in [-0.3, -0.25) is 33.1 Å². The van der Waals surface area contributed by atoms with Crippen LogP contribution in [0.1, 0.15) is 35.3 Å². The second-order valence-corrected chi connectivity index (χ2v) is 14.3. The molecule has 0 spiro atoms. The summed E-state index contributed by atoms with van der Waals surface area (Å²) in [5.74, 6) is -5.91. The van der Waals surface area contributed by atoms with Gasteiger partial charge < -0.3 is 27.0 Å². The maximum absolute atomic E-state index is 12.4. The van der Waals surface area contributed by atoms with Crippen molar-refractivity contribution in [1.29, 1.82) is 0 Å². The number of H-pyrrole nitrogens is 1. The van der Waals surface area contributed by atoms with Crippen molar-refractivity contribution in [2.24, 2.45) is 42.3 Å². The van der Waals surface area contributed by atoms with Crippen LogP contribution in [0.3, 0.4) is 0 Å². The summed E-state index contributed by atoms with van der Waals surface area (Å²) in [6.45, 7) is -1.15. The zero-order valence-electron chi connectivity index (χ0n) is 35.9. The molecule has 37 heteroatoms. The first-order chi connectivity index (χ1) is 32.5. The molecule has 0 aliphatic heterocycles. The lowest BCUT2D eigenvalue weighted by molar-refractivity contribution is -0.158. The maximum Gasteiger partial charge on any atom is 0.470 e. The van der Waals surface area contributed by atoms with Crippen molar-refractivity contribution in [3.63, 3.8) is 0 Å². The predicted molar refractivity (Wildman–Crippen MR) is 213 cm³/mol. The zero-order chi connectivity index (χ0) is 51.9. The van der Waals surface area contributed by atoms with Gasteiger partial charge in [-0.25, -0.2) is 38.5 Å². The number of aryl methyl sites for hydroxylation is 6. The Morgan fingerprint density at radius 3 is 1.16 bits per heavy atom. The van der Waals surface area contributed by atoms with E-state index < -0.39 is 94.8 Å². The van der Waals surface area contributed by atoms with Gasteiger partial charge in [0.1, 0.15) is 19.0 Å². The van der Waals surface area contributed by atoms with Gasteiger partial charge in [0.2, 0.25) is 17.7 Å². The fourth-order valence-electron chi connectivity index (χ4n) is 5.89. The van der Waals surface area contributed by atoms with E-state index in [2.05, 4.69) is 63.8 Å². The summed E-state index contributed by atoms with van der Waals surface area (Å²) in [7, 11) is 9.16. The summed E-state index contributed by atoms with van der Waals surface area (Å²) in [4.78, 5) is 85.6. The molecule has 0 aliphatic rings. The Kier molecular flexibility index (Phi) is 13.8. The largest absolute Gasteiger partial charge is 0.470 e. The number of aromatic nitrogens is 18. The van der Waals surface area contributed by atoms with E-state index in [4.69, 9.17) is 11.6 Å². The monoisotopic (exact) mass is 1030 g/mol. The highest BCUT2D eigenvalue weighted by Gasteiger charge is 2.40. The summed E-state index contributed by atoms with van der Waals surface area (Å²) < 4.78 is 132. The van der Waals surface area contributed by atoms with Crippen molar-refractivity contribution in [2.45, 2.75) is 37.5 Å². The molecule has 0 fully saturated rings. The second kappa shape index (κ2) is 18.9. The van der Waals surface area contributed by atoms with Crippen LogP contribution >= 0.6 is 11.6 Å². The minimum atomic E-state index is -4.80. The lowest BCUT2D eigenvalue weighted by Gasteiger charge is -2.06. The molecule has 1 N–H and O–H groups in total. The summed E-state index contributed by atoms with van der Waals surface area (Å²) in [6, 6.07) is 0. The zero-order valence-corrected chi connectivity index (χ0v) is 36.7. The smallest absolute Gasteiger partial charge is 0.416 e. The minimum absolute atomic E-state index is 0.127. The number of rotatable bonds is 5. The highest BCUT2D eigenvalue weighted by atomic mass is 35.5. The highest BCUT2D eigenvalue weighted by molar-refractivity contribution is 6.16. The molecular formula is C33H28ClF9N18O9. The molecule has 70 heavy (non-hydrogen) atoms. The molecule has 9 aromatic rings. The lowest BCUT2D eigenvalue weighted by Crippen LogP contribution is -2.39. The minimum Gasteiger partial charge on any atom is -0.416 e. The summed E-state index contributed by atoms with van der Waals surface area (Å²) in [5, 5.41) is 17.9. The van der Waals surface area contributed by atoms with E-state index in [-0.39, 0.29) is 34.1 Å². The Morgan fingerprint density at radius 2 is 0.829 bits per heavy atom. The van der Waals surface area contributed by atoms with Gasteiger partial charge in [0.25, 0.3) is 16.7 Å². The standard InChI is InChI=1S/2C11H9F3N6O3.C7H8N4O2.C4H2ClF3N2O/c2*1-18-4-15-7-6(18)8(21)20(10(22)19(7)2)3-5-16-17-9(23-5)11(12,13)14;1-10-3-8-5-4(10)6(12)9-7(13)11(5)2;5-1-2-9-10-3(11-2)4(6,7)8/h2*4H,3H2,1-2H3;3H,1-2H3,(H,9,12,13);1H2. The van der Waals surface area contributed by atoms with Gasteiger partial charge in [0.15, 0.2) is 33.5 Å². The first-order valence-electron chi connectivity index (χ1n) is 18.6. The van der Waals surface area contributed by atoms with E-state index in [1.54, 1.807) is 32.8 Å². The summed E-state index contributed by atoms with van der Waals surface area (Å²) >= 11 is 5.13. The van der Waals surface area contributed by atoms with Gasteiger partial charge in [0, 0.05) is 42.3 Å². The average molecular weight is 1030 g/mol. The summed E-state index contributed by atoms with van der Waals surface area (Å²) in [6.07, 6.45) is -9.98. The SMILES string of the molecule is Cn1cnc2c1c(=O)[nH]c(=O)n2C.Cn1cnc2c1c(=O)n(Cc1nnc(C(F)(F)F)o1)c(=O)n2C.Cn1cnc2c1c(=O)n(Cc1nnc(C(F)(F)F)o1)c(=O)n2C.FC(F)(F)c1nnc(CCl)o1. The van der Waals surface area contributed by atoms with Crippen LogP contribution < -0.4 is 33.7 Å². The van der Waals surface area contributed by atoms with Gasteiger partial charge in [-0.2, -0.15) is 39.5 Å². The molecule has 0 atom stereocenters. The Labute approximate surface area is 381 Å². The first kappa shape index (κ1) is 50.9. The number of nitrogens with one attached hydrogen (secondary N) is 1. The molecule has 0 saturated carbocycles. The van der Waals surface area contributed by atoms with Gasteiger partial charge in [-0.15, -0.1) is 42.2 Å². The third kappa shape index (κ3) is 10.2. The number of halogens is 10. The van der Waals surface area contributed by atoms with Crippen molar-refractivity contribution < 1.29 is 52.8 Å². The number of hydrogen-bond acceptors (Lipinski definition) is 18. The Hall–Kier alpha value is -8.47. The third-order valence-electron chi connectivity index (χ3n) is 9.21. The van der Waals surface area contributed by atoms with Crippen LogP contribution in [0.25, 0.3) is 33.5 Å². The van der Waals surface area contributed by atoms with Crippen LogP contribution in [0.5, 0.6) is 0 Å². The Bertz CT molecular complexity index is 3600. The number of fused-ring (bicyclic) bond motifs is 3. The van der Waals surface area contributed by atoms with E-state index >= 15 is 0 Å². The first-order valence-corrected chi connectivity index (χ1v) is 19.1. The molecule has 374 valence electrons. The van der Waals surface area contributed by atoms with Gasteiger partial charge in [-0.1, -0.05) is 0 Å². The molecule has 0 radical (unpaired) electrons. The van der Waals surface area contributed by atoms with E-state index in [1.807, 2.05) is 0 Å². The van der Waals surface area contributed by atoms with E-state index in [9.17, 15) is 68.3 Å². The van der Waals surface area contributed by atoms with Crippen LogP contribution in [0.4, 0.5) is 39.5 Å². The molecule has 0 saturated heterocycles. The number of hydrogen-bond donors (Lipinski definition) is 1. The van der Waals surface area contributed by atoms with Crippen molar-refractivity contribution in [1.82, 2.24) is 87.1 Å². The quantitative estimate of drug-likeness (QED) is 0.182. The van der Waals surface area contributed by atoms with E-state index in [0.29, 0.717) is 20.3 Å². The molecule has 0 unspecified atom stereocenters. The summed E-state index contributed by atoms with van der Waals surface area (Å²) in [5.41, 5.74) is -2.40. The number of aromatic amines is 1. The maximum atomic E-state index is 12.4. The van der Waals surface area contributed by atoms with Crippen molar-refractivity contribution in [3.8, 4) is 0 Å². The molecule has 0 amide bonds. The fraction of sp³-hybridized carbons (Fsp3) is 0.364. The molecule has 0 aromatic carbocycles. The van der Waals surface area contributed by atoms with Crippen LogP contribution in [0.2, 0.25) is 0 Å². The Morgan fingerprint density at radius 1 is 0.500 bits per heavy atom. The molecule has 9 aromatic heterocycles. The average Bonchev–Trinajstić information content (AvgIpc) is 4.14. The van der Waals surface area contributed by atoms with E-state index in [1.165, 1.54) is 46.8 Å². The molecule has 9 heterocycles. The van der Waals surface area contributed by atoms with Crippen LogP contribution in [0.15, 0.2) is 61.0 Å². The van der Waals surface area contributed by atoms with Gasteiger partial charge in [0.05, 0.1) is 19.0 Å². The topological polar surface area (TPSA) is 313 Å².